The van der Waals surface area contributed by atoms with Crippen molar-refractivity contribution in [1.82, 2.24) is 10.2 Å². The van der Waals surface area contributed by atoms with Crippen LogP contribution in [-0.2, 0) is 11.2 Å². The summed E-state index contributed by atoms with van der Waals surface area (Å²) in [7, 11) is 0. The first-order chi connectivity index (χ1) is 10.2. The topological polar surface area (TPSA) is 41.6 Å². The Morgan fingerprint density at radius 3 is 2.86 bits per heavy atom. The van der Waals surface area contributed by atoms with E-state index in [1.54, 1.807) is 0 Å². The fourth-order valence-corrected chi connectivity index (χ4v) is 2.61. The zero-order chi connectivity index (χ0) is 15.1. The van der Waals surface area contributed by atoms with Gasteiger partial charge in [0.05, 0.1) is 6.61 Å². The van der Waals surface area contributed by atoms with Crippen LogP contribution >= 0.6 is 0 Å². The fourth-order valence-electron chi connectivity index (χ4n) is 2.61. The molecule has 0 radical (unpaired) electrons. The van der Waals surface area contributed by atoms with E-state index in [4.69, 9.17) is 4.74 Å². The zero-order valence-corrected chi connectivity index (χ0v) is 13.0. The first-order valence-corrected chi connectivity index (χ1v) is 7.91. The molecule has 2 rings (SSSR count). The van der Waals surface area contributed by atoms with E-state index in [-0.39, 0.29) is 12.1 Å². The molecule has 0 aliphatic carbocycles. The van der Waals surface area contributed by atoms with Gasteiger partial charge in [0.2, 0.25) is 0 Å². The summed E-state index contributed by atoms with van der Waals surface area (Å²) in [5.41, 5.74) is 1.30. The standard InChI is InChI=1S/C17H26N2O2/c1-3-4-10-21-17(20)19-13-16(18-12-14(19)2)11-15-8-6-5-7-9-15/h5-9,14,16,18H,3-4,10-13H2,1-2H3. The van der Waals surface area contributed by atoms with Crippen molar-refractivity contribution in [1.29, 1.82) is 0 Å². The van der Waals surface area contributed by atoms with Crippen molar-refractivity contribution in [2.24, 2.45) is 0 Å². The number of nitrogens with one attached hydrogen (secondary N) is 1. The normalized spacial score (nSPS) is 22.1. The van der Waals surface area contributed by atoms with Crippen LogP contribution in [-0.4, -0.2) is 42.8 Å². The molecule has 1 saturated heterocycles. The molecular formula is C17H26N2O2. The summed E-state index contributed by atoms with van der Waals surface area (Å²) in [4.78, 5) is 14.0. The molecule has 1 fully saturated rings. The van der Waals surface area contributed by atoms with Crippen LogP contribution in [0, 0.1) is 0 Å². The maximum atomic E-state index is 12.2. The number of piperazine rings is 1. The molecule has 1 aliphatic rings. The van der Waals surface area contributed by atoms with E-state index in [9.17, 15) is 4.79 Å². The Morgan fingerprint density at radius 1 is 1.38 bits per heavy atom. The van der Waals surface area contributed by atoms with E-state index in [0.717, 1.165) is 25.8 Å². The Hall–Kier alpha value is -1.55. The number of rotatable bonds is 5. The van der Waals surface area contributed by atoms with E-state index in [1.165, 1.54) is 5.56 Å². The molecule has 1 aromatic carbocycles. The van der Waals surface area contributed by atoms with Gasteiger partial charge < -0.3 is 15.0 Å². The summed E-state index contributed by atoms with van der Waals surface area (Å²) in [6.07, 6.45) is 2.74. The van der Waals surface area contributed by atoms with Gasteiger partial charge in [-0.05, 0) is 25.3 Å². The maximum Gasteiger partial charge on any atom is 0.410 e. The van der Waals surface area contributed by atoms with Crippen molar-refractivity contribution in [3.8, 4) is 0 Å². The highest BCUT2D eigenvalue weighted by atomic mass is 16.6. The monoisotopic (exact) mass is 290 g/mol. The highest BCUT2D eigenvalue weighted by Gasteiger charge is 2.29. The van der Waals surface area contributed by atoms with E-state index < -0.39 is 0 Å². The highest BCUT2D eigenvalue weighted by Crippen LogP contribution is 2.13. The average Bonchev–Trinajstić information content (AvgIpc) is 2.50. The smallest absolute Gasteiger partial charge is 0.410 e. The Labute approximate surface area is 127 Å². The molecule has 116 valence electrons. The molecule has 1 aliphatic heterocycles. The molecule has 4 heteroatoms. The largest absolute Gasteiger partial charge is 0.449 e. The van der Waals surface area contributed by atoms with Gasteiger partial charge in [-0.1, -0.05) is 43.7 Å². The maximum absolute atomic E-state index is 12.2. The lowest BCUT2D eigenvalue weighted by molar-refractivity contribution is 0.0710. The number of hydrogen-bond donors (Lipinski definition) is 1. The third kappa shape index (κ3) is 4.74. The number of benzene rings is 1. The molecule has 0 saturated carbocycles. The van der Waals surface area contributed by atoms with Gasteiger partial charge >= 0.3 is 6.09 Å². The van der Waals surface area contributed by atoms with Gasteiger partial charge in [0, 0.05) is 25.2 Å². The summed E-state index contributed by atoms with van der Waals surface area (Å²) in [6, 6.07) is 10.9. The lowest BCUT2D eigenvalue weighted by Gasteiger charge is -2.38. The third-order valence-corrected chi connectivity index (χ3v) is 3.93. The molecule has 0 bridgehead atoms. The molecule has 2 unspecified atom stereocenters. The predicted molar refractivity (Wildman–Crippen MR) is 84.4 cm³/mol. The van der Waals surface area contributed by atoms with E-state index in [1.807, 2.05) is 11.0 Å². The van der Waals surface area contributed by atoms with Crippen LogP contribution in [0.5, 0.6) is 0 Å². The van der Waals surface area contributed by atoms with Crippen LogP contribution in [0.25, 0.3) is 0 Å². The number of unbranched alkanes of at least 4 members (excludes halogenated alkanes) is 1. The van der Waals surface area contributed by atoms with Gasteiger partial charge in [0.15, 0.2) is 0 Å². The zero-order valence-electron chi connectivity index (χ0n) is 13.0. The molecule has 2 atom stereocenters. The summed E-state index contributed by atoms with van der Waals surface area (Å²) in [5, 5.41) is 3.52. The average molecular weight is 290 g/mol. The van der Waals surface area contributed by atoms with Gasteiger partial charge in [-0.2, -0.15) is 0 Å². The molecule has 0 aromatic heterocycles. The Bertz CT molecular complexity index is 436. The van der Waals surface area contributed by atoms with Crippen molar-refractivity contribution < 1.29 is 9.53 Å². The molecule has 0 spiro atoms. The van der Waals surface area contributed by atoms with Crippen LogP contribution < -0.4 is 5.32 Å². The molecular weight excluding hydrogens is 264 g/mol. The summed E-state index contributed by atoms with van der Waals surface area (Å²) < 4.78 is 5.35. The van der Waals surface area contributed by atoms with Gasteiger partial charge in [-0.25, -0.2) is 4.79 Å². The second-order valence-corrected chi connectivity index (χ2v) is 5.76. The van der Waals surface area contributed by atoms with E-state index in [0.29, 0.717) is 19.2 Å². The van der Waals surface area contributed by atoms with Gasteiger partial charge in [0.25, 0.3) is 0 Å². The number of carbonyl (C=O) groups is 1. The second-order valence-electron chi connectivity index (χ2n) is 5.76. The van der Waals surface area contributed by atoms with Crippen LogP contribution in [0.4, 0.5) is 4.79 Å². The minimum absolute atomic E-state index is 0.171. The van der Waals surface area contributed by atoms with Gasteiger partial charge in [0.1, 0.15) is 0 Å². The van der Waals surface area contributed by atoms with Crippen LogP contribution in [0.2, 0.25) is 0 Å². The molecule has 1 heterocycles. The van der Waals surface area contributed by atoms with Crippen LogP contribution in [0.1, 0.15) is 32.3 Å². The van der Waals surface area contributed by atoms with Gasteiger partial charge in [-0.15, -0.1) is 0 Å². The van der Waals surface area contributed by atoms with Crippen molar-refractivity contribution >= 4 is 6.09 Å². The first kappa shape index (κ1) is 15.8. The van der Waals surface area contributed by atoms with Crippen LogP contribution in [0.3, 0.4) is 0 Å². The SMILES string of the molecule is CCCCOC(=O)N1CC(Cc2ccccc2)NCC1C. The first-order valence-electron chi connectivity index (χ1n) is 7.91. The number of carbonyl (C=O) groups excluding carboxylic acids is 1. The molecule has 1 N–H and O–H groups in total. The van der Waals surface area contributed by atoms with Crippen molar-refractivity contribution in [2.75, 3.05) is 19.7 Å². The number of nitrogens with zero attached hydrogens (tertiary/aromatic N) is 1. The summed E-state index contributed by atoms with van der Waals surface area (Å²) in [5.74, 6) is 0. The number of hydrogen-bond acceptors (Lipinski definition) is 3. The predicted octanol–water partition coefficient (Wildman–Crippen LogP) is 2.83. The minimum Gasteiger partial charge on any atom is -0.449 e. The molecule has 1 amide bonds. The van der Waals surface area contributed by atoms with Crippen LogP contribution in [0.15, 0.2) is 30.3 Å². The summed E-state index contributed by atoms with van der Waals surface area (Å²) in [6.45, 7) is 6.21. The molecule has 21 heavy (non-hydrogen) atoms. The minimum atomic E-state index is -0.171. The lowest BCUT2D eigenvalue weighted by atomic mass is 10.0. The fraction of sp³-hybridized carbons (Fsp3) is 0.588. The van der Waals surface area contributed by atoms with Crippen molar-refractivity contribution in [3.63, 3.8) is 0 Å². The quantitative estimate of drug-likeness (QED) is 0.848. The molecule has 4 nitrogen and oxygen atoms in total. The highest BCUT2D eigenvalue weighted by molar-refractivity contribution is 5.68. The van der Waals surface area contributed by atoms with E-state index in [2.05, 4.69) is 43.4 Å². The lowest BCUT2D eigenvalue weighted by Crippen LogP contribution is -2.58. The van der Waals surface area contributed by atoms with Gasteiger partial charge in [-0.3, -0.25) is 0 Å². The number of ether oxygens (including phenoxy) is 1. The van der Waals surface area contributed by atoms with E-state index >= 15 is 0 Å². The molecule has 1 aromatic rings. The summed E-state index contributed by atoms with van der Waals surface area (Å²) >= 11 is 0. The van der Waals surface area contributed by atoms with Crippen molar-refractivity contribution in [2.45, 2.75) is 45.2 Å². The Kier molecular flexibility index (Phi) is 6.05. The third-order valence-electron chi connectivity index (χ3n) is 3.93. The Morgan fingerprint density at radius 2 is 2.14 bits per heavy atom. The second kappa shape index (κ2) is 8.03. The number of amides is 1. The Balaban J connectivity index is 1.88. The van der Waals surface area contributed by atoms with Crippen molar-refractivity contribution in [3.05, 3.63) is 35.9 Å².